The lowest BCUT2D eigenvalue weighted by molar-refractivity contribution is -0.139. The minimum atomic E-state index is -0.978. The highest BCUT2D eigenvalue weighted by Crippen LogP contribution is 2.03. The number of carbonyl (C=O) groups excluding carboxylic acids is 1. The summed E-state index contributed by atoms with van der Waals surface area (Å²) in [6.45, 7) is 5.95. The Morgan fingerprint density at radius 1 is 1.28 bits per heavy atom. The van der Waals surface area contributed by atoms with E-state index in [1.807, 2.05) is 13.8 Å². The first-order chi connectivity index (χ1) is 8.51. The number of unbranched alkanes of at least 4 members (excludes halogenated alkanes) is 1. The number of carboxylic acids is 1. The Balaban J connectivity index is 4.04. The molecule has 0 aliphatic rings. The van der Waals surface area contributed by atoms with Crippen molar-refractivity contribution >= 4 is 23.8 Å². The van der Waals surface area contributed by atoms with Crippen LogP contribution in [0.15, 0.2) is 0 Å². The quantitative estimate of drug-likeness (QED) is 0.602. The summed E-state index contributed by atoms with van der Waals surface area (Å²) in [6.07, 6.45) is 2.17. The van der Waals surface area contributed by atoms with Crippen molar-refractivity contribution in [1.82, 2.24) is 10.6 Å². The largest absolute Gasteiger partial charge is 0.480 e. The van der Waals surface area contributed by atoms with Crippen LogP contribution in [0.3, 0.4) is 0 Å². The van der Waals surface area contributed by atoms with Crippen LogP contribution in [0.25, 0.3) is 0 Å². The monoisotopic (exact) mass is 276 g/mol. The summed E-state index contributed by atoms with van der Waals surface area (Å²) in [7, 11) is 0. The normalized spacial score (nSPS) is 13.7. The van der Waals surface area contributed by atoms with E-state index in [1.165, 1.54) is 0 Å². The van der Waals surface area contributed by atoms with Gasteiger partial charge in [0.15, 0.2) is 0 Å². The molecule has 2 atom stereocenters. The molecule has 0 spiro atoms. The van der Waals surface area contributed by atoms with Gasteiger partial charge in [-0.15, -0.1) is 0 Å². The van der Waals surface area contributed by atoms with Crippen molar-refractivity contribution in [3.05, 3.63) is 0 Å². The molecule has 5 nitrogen and oxygen atoms in total. The number of nitrogens with one attached hydrogen (secondary N) is 2. The smallest absolute Gasteiger partial charge is 0.326 e. The Hall–Kier alpha value is -0.910. The molecule has 18 heavy (non-hydrogen) atoms. The molecule has 2 amide bonds. The fourth-order valence-corrected chi connectivity index (χ4v) is 2.10. The predicted octanol–water partition coefficient (Wildman–Crippen LogP) is 2.07. The third-order valence-electron chi connectivity index (χ3n) is 2.40. The number of carboxylic acid groups (broad SMARTS) is 1. The average Bonchev–Trinajstić information content (AvgIpc) is 2.31. The van der Waals surface area contributed by atoms with Gasteiger partial charge in [0.05, 0.1) is 0 Å². The van der Waals surface area contributed by atoms with E-state index in [0.29, 0.717) is 6.42 Å². The molecule has 0 heterocycles. The molecule has 0 rings (SSSR count). The highest BCUT2D eigenvalue weighted by Gasteiger charge is 2.19. The molecule has 3 N–H and O–H groups in total. The molecule has 0 aromatic carbocycles. The zero-order valence-electron chi connectivity index (χ0n) is 11.4. The van der Waals surface area contributed by atoms with Gasteiger partial charge < -0.3 is 15.7 Å². The summed E-state index contributed by atoms with van der Waals surface area (Å²) in [5.41, 5.74) is 0. The van der Waals surface area contributed by atoms with Gasteiger partial charge in [0.25, 0.3) is 0 Å². The third-order valence-corrected chi connectivity index (χ3v) is 3.54. The third kappa shape index (κ3) is 8.22. The number of aliphatic carboxylic acids is 1. The molecule has 0 radical (unpaired) electrons. The van der Waals surface area contributed by atoms with E-state index in [4.69, 9.17) is 5.11 Å². The van der Waals surface area contributed by atoms with Crippen LogP contribution < -0.4 is 10.6 Å². The highest BCUT2D eigenvalue weighted by molar-refractivity contribution is 7.99. The first-order valence-electron chi connectivity index (χ1n) is 6.38. The Bertz CT molecular complexity index is 262. The molecule has 0 bridgehead atoms. The fourth-order valence-electron chi connectivity index (χ4n) is 1.43. The van der Waals surface area contributed by atoms with E-state index in [2.05, 4.69) is 17.6 Å². The van der Waals surface area contributed by atoms with Crippen molar-refractivity contribution in [1.29, 1.82) is 0 Å². The maximum absolute atomic E-state index is 11.6. The van der Waals surface area contributed by atoms with Crippen LogP contribution in [0.4, 0.5) is 4.79 Å². The molecule has 0 aromatic heterocycles. The molecule has 106 valence electrons. The van der Waals surface area contributed by atoms with E-state index in [1.54, 1.807) is 11.8 Å². The first-order valence-corrected chi connectivity index (χ1v) is 7.54. The molecule has 0 saturated heterocycles. The minimum Gasteiger partial charge on any atom is -0.480 e. The Labute approximate surface area is 113 Å². The minimum absolute atomic E-state index is 0.0376. The number of urea groups is 1. The Morgan fingerprint density at radius 3 is 2.44 bits per heavy atom. The van der Waals surface area contributed by atoms with Gasteiger partial charge in [-0.3, -0.25) is 0 Å². The summed E-state index contributed by atoms with van der Waals surface area (Å²) in [5.74, 6) is 0.854. The van der Waals surface area contributed by atoms with E-state index in [-0.39, 0.29) is 6.04 Å². The van der Waals surface area contributed by atoms with Gasteiger partial charge in [-0.05, 0) is 19.1 Å². The van der Waals surface area contributed by atoms with Crippen LogP contribution in [0, 0.1) is 0 Å². The van der Waals surface area contributed by atoms with Crippen molar-refractivity contribution in [2.75, 3.05) is 11.5 Å². The van der Waals surface area contributed by atoms with Crippen LogP contribution in [-0.2, 0) is 4.79 Å². The lowest BCUT2D eigenvalue weighted by atomic mass is 10.1. The summed E-state index contributed by atoms with van der Waals surface area (Å²) in [4.78, 5) is 22.6. The molecule has 0 fully saturated rings. The molecule has 0 saturated carbocycles. The molecular formula is C12H24N2O3S. The number of thioether (sulfide) groups is 1. The predicted molar refractivity (Wildman–Crippen MR) is 75.1 cm³/mol. The van der Waals surface area contributed by atoms with Crippen molar-refractivity contribution in [3.63, 3.8) is 0 Å². The van der Waals surface area contributed by atoms with Gasteiger partial charge >= 0.3 is 12.0 Å². The highest BCUT2D eigenvalue weighted by atomic mass is 32.2. The Morgan fingerprint density at radius 2 is 1.94 bits per heavy atom. The second kappa shape index (κ2) is 10.1. The molecule has 0 aliphatic heterocycles. The number of carbonyl (C=O) groups is 2. The van der Waals surface area contributed by atoms with E-state index < -0.39 is 18.0 Å². The topological polar surface area (TPSA) is 78.4 Å². The lowest BCUT2D eigenvalue weighted by Gasteiger charge is -2.18. The van der Waals surface area contributed by atoms with Gasteiger partial charge in [0, 0.05) is 11.8 Å². The lowest BCUT2D eigenvalue weighted by Crippen LogP contribution is -2.48. The van der Waals surface area contributed by atoms with Crippen molar-refractivity contribution in [2.24, 2.45) is 0 Å². The molecule has 1 unspecified atom stereocenters. The van der Waals surface area contributed by atoms with Crippen LogP contribution in [0.2, 0.25) is 0 Å². The number of amides is 2. The number of hydrogen-bond acceptors (Lipinski definition) is 3. The first kappa shape index (κ1) is 17.1. The van der Waals surface area contributed by atoms with Crippen molar-refractivity contribution in [3.8, 4) is 0 Å². The summed E-state index contributed by atoms with van der Waals surface area (Å²) >= 11 is 1.74. The van der Waals surface area contributed by atoms with Crippen LogP contribution >= 0.6 is 11.8 Å². The molecule has 0 aromatic rings. The van der Waals surface area contributed by atoms with Crippen molar-refractivity contribution in [2.45, 2.75) is 52.1 Å². The van der Waals surface area contributed by atoms with Gasteiger partial charge in [-0.2, -0.15) is 11.8 Å². The van der Waals surface area contributed by atoms with Crippen LogP contribution in [-0.4, -0.2) is 40.7 Å². The van der Waals surface area contributed by atoms with E-state index in [0.717, 1.165) is 24.3 Å². The van der Waals surface area contributed by atoms with Gasteiger partial charge in [-0.25, -0.2) is 9.59 Å². The summed E-state index contributed by atoms with van der Waals surface area (Å²) in [5, 5.41) is 14.2. The Kier molecular flexibility index (Phi) is 9.55. The zero-order chi connectivity index (χ0) is 14.0. The van der Waals surface area contributed by atoms with E-state index in [9.17, 15) is 9.59 Å². The summed E-state index contributed by atoms with van der Waals surface area (Å²) in [6, 6.07) is -1.16. The maximum Gasteiger partial charge on any atom is 0.326 e. The fraction of sp³-hybridized carbons (Fsp3) is 0.833. The van der Waals surface area contributed by atoms with Crippen molar-refractivity contribution < 1.29 is 14.7 Å². The number of hydrogen-bond donors (Lipinski definition) is 3. The average molecular weight is 276 g/mol. The second-order valence-electron chi connectivity index (χ2n) is 4.21. The molecule has 0 aliphatic carbocycles. The molecule has 6 heteroatoms. The van der Waals surface area contributed by atoms with E-state index >= 15 is 0 Å². The standard InChI is InChI=1S/C12H24N2O3S/c1-4-6-7-10(11(15)16)14-12(17)13-9(3)8-18-5-2/h9-10H,4-8H2,1-3H3,(H,15,16)(H2,13,14,17)/t9?,10-/m0/s1. The number of rotatable bonds is 9. The SMILES string of the molecule is CCCC[C@H](NC(=O)NC(C)CSCC)C(=O)O. The van der Waals surface area contributed by atoms with Gasteiger partial charge in [-0.1, -0.05) is 26.7 Å². The zero-order valence-corrected chi connectivity index (χ0v) is 12.2. The maximum atomic E-state index is 11.6. The molecular weight excluding hydrogens is 252 g/mol. The van der Waals surface area contributed by atoms with Gasteiger partial charge in [0.1, 0.15) is 6.04 Å². The second-order valence-corrected chi connectivity index (χ2v) is 5.53. The summed E-state index contributed by atoms with van der Waals surface area (Å²) < 4.78 is 0. The van der Waals surface area contributed by atoms with Gasteiger partial charge in [0.2, 0.25) is 0 Å². The van der Waals surface area contributed by atoms with Crippen LogP contribution in [0.5, 0.6) is 0 Å². The van der Waals surface area contributed by atoms with Crippen LogP contribution in [0.1, 0.15) is 40.0 Å².